The lowest BCUT2D eigenvalue weighted by Crippen LogP contribution is -2.38. The fourth-order valence-electron chi connectivity index (χ4n) is 4.48. The second-order valence-corrected chi connectivity index (χ2v) is 9.00. The summed E-state index contributed by atoms with van der Waals surface area (Å²) < 4.78 is 0. The first-order chi connectivity index (χ1) is 15.1. The number of carbonyl (C=O) groups excluding carboxylic acids is 2. The van der Waals surface area contributed by atoms with Crippen molar-refractivity contribution in [2.24, 2.45) is 5.92 Å². The molecule has 2 heterocycles. The molecule has 5 nitrogen and oxygen atoms in total. The number of nitrogens with zero attached hydrogens (tertiary/aromatic N) is 2. The van der Waals surface area contributed by atoms with Gasteiger partial charge in [-0.05, 0) is 75.0 Å². The predicted molar refractivity (Wildman–Crippen MR) is 124 cm³/mol. The average Bonchev–Trinajstić information content (AvgIpc) is 2.81. The van der Waals surface area contributed by atoms with Crippen molar-refractivity contribution >= 4 is 29.1 Å². The molecule has 2 amide bonds. The van der Waals surface area contributed by atoms with Crippen molar-refractivity contribution in [1.82, 2.24) is 9.80 Å². The largest absolute Gasteiger partial charge is 0.339 e. The second kappa shape index (κ2) is 10.3. The zero-order valence-corrected chi connectivity index (χ0v) is 18.6. The first-order valence-corrected chi connectivity index (χ1v) is 11.6. The molecule has 0 saturated carbocycles. The van der Waals surface area contributed by atoms with Crippen molar-refractivity contribution in [2.45, 2.75) is 38.6 Å². The summed E-state index contributed by atoms with van der Waals surface area (Å²) in [6.45, 7) is 4.24. The van der Waals surface area contributed by atoms with E-state index in [1.54, 1.807) is 0 Å². The Balaban J connectivity index is 1.33. The van der Waals surface area contributed by atoms with Gasteiger partial charge in [0, 0.05) is 30.6 Å². The van der Waals surface area contributed by atoms with Crippen LogP contribution in [0.1, 0.15) is 48.0 Å². The highest BCUT2D eigenvalue weighted by Crippen LogP contribution is 2.24. The number of amides is 2. The summed E-state index contributed by atoms with van der Waals surface area (Å²) >= 11 is 5.97. The van der Waals surface area contributed by atoms with E-state index in [1.807, 2.05) is 41.3 Å². The van der Waals surface area contributed by atoms with E-state index in [2.05, 4.69) is 22.3 Å². The van der Waals surface area contributed by atoms with Gasteiger partial charge in [-0.3, -0.25) is 14.5 Å². The van der Waals surface area contributed by atoms with Crippen LogP contribution in [0.2, 0.25) is 5.02 Å². The number of anilines is 1. The van der Waals surface area contributed by atoms with Crippen molar-refractivity contribution in [1.29, 1.82) is 0 Å². The van der Waals surface area contributed by atoms with E-state index in [4.69, 9.17) is 11.6 Å². The van der Waals surface area contributed by atoms with Crippen LogP contribution < -0.4 is 5.32 Å². The fourth-order valence-corrected chi connectivity index (χ4v) is 4.61. The lowest BCUT2D eigenvalue weighted by Gasteiger charge is -2.31. The molecule has 0 radical (unpaired) electrons. The quantitative estimate of drug-likeness (QED) is 0.726. The highest BCUT2D eigenvalue weighted by atomic mass is 35.5. The van der Waals surface area contributed by atoms with E-state index in [-0.39, 0.29) is 17.7 Å². The normalized spacial score (nSPS) is 18.0. The molecular weight excluding hydrogens is 410 g/mol. The predicted octanol–water partition coefficient (Wildman–Crippen LogP) is 4.82. The maximum absolute atomic E-state index is 13.0. The summed E-state index contributed by atoms with van der Waals surface area (Å²) in [6, 6.07) is 15.3. The summed E-state index contributed by atoms with van der Waals surface area (Å²) in [5, 5.41) is 3.80. The Morgan fingerprint density at radius 1 is 0.903 bits per heavy atom. The molecule has 2 aliphatic rings. The number of benzene rings is 2. The van der Waals surface area contributed by atoms with E-state index < -0.39 is 0 Å². The highest BCUT2D eigenvalue weighted by molar-refractivity contribution is 6.30. The number of hydrogen-bond acceptors (Lipinski definition) is 3. The molecule has 2 aromatic carbocycles. The number of likely N-dealkylation sites (tertiary alicyclic amines) is 2. The molecule has 164 valence electrons. The standard InChI is InChI=1S/C25H30ClN3O2/c26-21-10-8-19(9-11-21)18-28-16-12-20(13-17-28)24(30)27-23-7-3-2-6-22(23)25(31)29-14-4-1-5-15-29/h2-3,6-11,20H,1,4-5,12-18H2,(H,27,30). The minimum Gasteiger partial charge on any atom is -0.339 e. The van der Waals surface area contributed by atoms with E-state index in [9.17, 15) is 9.59 Å². The molecule has 0 bridgehead atoms. The lowest BCUT2D eigenvalue weighted by atomic mass is 9.95. The van der Waals surface area contributed by atoms with Gasteiger partial charge < -0.3 is 10.2 Å². The Hall–Kier alpha value is -2.37. The van der Waals surface area contributed by atoms with E-state index >= 15 is 0 Å². The molecule has 2 saturated heterocycles. The van der Waals surface area contributed by atoms with E-state index in [0.717, 1.165) is 63.4 Å². The summed E-state index contributed by atoms with van der Waals surface area (Å²) in [6.07, 6.45) is 4.92. The Morgan fingerprint density at radius 2 is 1.58 bits per heavy atom. The molecule has 1 N–H and O–H groups in total. The lowest BCUT2D eigenvalue weighted by molar-refractivity contribution is -0.121. The van der Waals surface area contributed by atoms with Gasteiger partial charge >= 0.3 is 0 Å². The van der Waals surface area contributed by atoms with Crippen LogP contribution in [0.25, 0.3) is 0 Å². The molecule has 0 aliphatic carbocycles. The summed E-state index contributed by atoms with van der Waals surface area (Å²) in [5.41, 5.74) is 2.46. The number of hydrogen-bond donors (Lipinski definition) is 1. The van der Waals surface area contributed by atoms with E-state index in [0.29, 0.717) is 11.3 Å². The number of carbonyl (C=O) groups is 2. The van der Waals surface area contributed by atoms with Crippen molar-refractivity contribution in [3.63, 3.8) is 0 Å². The minimum atomic E-state index is -0.0281. The number of para-hydroxylation sites is 1. The third-order valence-electron chi connectivity index (χ3n) is 6.34. The van der Waals surface area contributed by atoms with Crippen LogP contribution >= 0.6 is 11.6 Å². The Labute approximate surface area is 189 Å². The number of halogens is 1. The highest BCUT2D eigenvalue weighted by Gasteiger charge is 2.27. The SMILES string of the molecule is O=C(Nc1ccccc1C(=O)N1CCCCC1)C1CCN(Cc2ccc(Cl)cc2)CC1. The Morgan fingerprint density at radius 3 is 2.29 bits per heavy atom. The molecule has 0 atom stereocenters. The van der Waals surface area contributed by atoms with Gasteiger partial charge in [0.1, 0.15) is 0 Å². The number of rotatable bonds is 5. The molecule has 2 aliphatic heterocycles. The van der Waals surface area contributed by atoms with Gasteiger partial charge in [0.2, 0.25) is 5.91 Å². The van der Waals surface area contributed by atoms with Crippen LogP contribution in [0.3, 0.4) is 0 Å². The molecular formula is C25H30ClN3O2. The fraction of sp³-hybridized carbons (Fsp3) is 0.440. The zero-order chi connectivity index (χ0) is 21.6. The zero-order valence-electron chi connectivity index (χ0n) is 17.9. The van der Waals surface area contributed by atoms with Crippen molar-refractivity contribution in [3.8, 4) is 0 Å². The smallest absolute Gasteiger partial charge is 0.255 e. The third-order valence-corrected chi connectivity index (χ3v) is 6.59. The van der Waals surface area contributed by atoms with Crippen LogP contribution in [-0.2, 0) is 11.3 Å². The molecule has 2 fully saturated rings. The van der Waals surface area contributed by atoms with Crippen LogP contribution in [0.15, 0.2) is 48.5 Å². The maximum Gasteiger partial charge on any atom is 0.255 e. The Kier molecular flexibility index (Phi) is 7.25. The van der Waals surface area contributed by atoms with Gasteiger partial charge in [0.15, 0.2) is 0 Å². The van der Waals surface area contributed by atoms with Gasteiger partial charge in [-0.25, -0.2) is 0 Å². The van der Waals surface area contributed by atoms with Crippen LogP contribution in [0.5, 0.6) is 0 Å². The maximum atomic E-state index is 13.0. The molecule has 4 rings (SSSR count). The van der Waals surface area contributed by atoms with Gasteiger partial charge in [-0.2, -0.15) is 0 Å². The average molecular weight is 440 g/mol. The summed E-state index contributed by atoms with van der Waals surface area (Å²) in [5.74, 6) is 0.0121. The molecule has 31 heavy (non-hydrogen) atoms. The van der Waals surface area contributed by atoms with Crippen LogP contribution in [0, 0.1) is 5.92 Å². The van der Waals surface area contributed by atoms with Crippen LogP contribution in [0.4, 0.5) is 5.69 Å². The topological polar surface area (TPSA) is 52.7 Å². The Bertz CT molecular complexity index is 901. The number of nitrogens with one attached hydrogen (secondary N) is 1. The van der Waals surface area contributed by atoms with Gasteiger partial charge in [-0.15, -0.1) is 0 Å². The monoisotopic (exact) mass is 439 g/mol. The second-order valence-electron chi connectivity index (χ2n) is 8.56. The molecule has 0 unspecified atom stereocenters. The third kappa shape index (κ3) is 5.66. The van der Waals surface area contributed by atoms with E-state index in [1.165, 1.54) is 12.0 Å². The first-order valence-electron chi connectivity index (χ1n) is 11.3. The first kappa shape index (κ1) is 21.8. The van der Waals surface area contributed by atoms with Gasteiger partial charge in [0.25, 0.3) is 5.91 Å². The van der Waals surface area contributed by atoms with Gasteiger partial charge in [-0.1, -0.05) is 35.9 Å². The van der Waals surface area contributed by atoms with Crippen molar-refractivity contribution in [3.05, 3.63) is 64.7 Å². The summed E-state index contributed by atoms with van der Waals surface area (Å²) in [4.78, 5) is 30.2. The van der Waals surface area contributed by atoms with Crippen LogP contribution in [-0.4, -0.2) is 47.8 Å². The number of piperidine rings is 2. The minimum absolute atomic E-state index is 0.0186. The summed E-state index contributed by atoms with van der Waals surface area (Å²) in [7, 11) is 0. The van der Waals surface area contributed by atoms with Crippen molar-refractivity contribution in [2.75, 3.05) is 31.5 Å². The molecule has 0 spiro atoms. The van der Waals surface area contributed by atoms with Crippen molar-refractivity contribution < 1.29 is 9.59 Å². The molecule has 0 aromatic heterocycles. The molecule has 6 heteroatoms. The van der Waals surface area contributed by atoms with Gasteiger partial charge in [0.05, 0.1) is 11.3 Å². The molecule has 2 aromatic rings.